The van der Waals surface area contributed by atoms with Crippen LogP contribution in [0.4, 0.5) is 5.82 Å². The lowest BCUT2D eigenvalue weighted by atomic mass is 9.96. The van der Waals surface area contributed by atoms with Crippen molar-refractivity contribution < 1.29 is 4.79 Å². The summed E-state index contributed by atoms with van der Waals surface area (Å²) in [6, 6.07) is 10.1. The average molecular weight is 424 g/mol. The van der Waals surface area contributed by atoms with Crippen molar-refractivity contribution in [3.8, 4) is 11.3 Å². The predicted molar refractivity (Wildman–Crippen MR) is 119 cm³/mol. The fraction of sp³-hybridized carbons (Fsp3) is 0.435. The van der Waals surface area contributed by atoms with Crippen LogP contribution in [0.2, 0.25) is 5.02 Å². The molecule has 0 spiro atoms. The Kier molecular flexibility index (Phi) is 5.34. The molecule has 156 valence electrons. The van der Waals surface area contributed by atoms with Crippen LogP contribution in [0.1, 0.15) is 38.5 Å². The standard InChI is InChI=1S/C23H26ClN5O/c24-19-10-4-3-9-18(19)20-14-21-22(25-11-13-29(21)27-20)28-12-5-6-16(15-28)23(30)26-17-7-1-2-8-17/h3-4,9-11,13-14,16-17H,1-2,5-8,12,15H2,(H,26,30)/t16-/m1/s1. The molecule has 2 aromatic heterocycles. The third-order valence-electron chi connectivity index (χ3n) is 6.31. The largest absolute Gasteiger partial charge is 0.354 e. The number of piperidine rings is 1. The first kappa shape index (κ1) is 19.4. The highest BCUT2D eigenvalue weighted by Gasteiger charge is 2.29. The zero-order chi connectivity index (χ0) is 20.5. The Morgan fingerprint density at radius 1 is 1.13 bits per heavy atom. The van der Waals surface area contributed by atoms with Crippen LogP contribution in [0, 0.1) is 5.92 Å². The molecule has 2 fully saturated rings. The second-order valence-electron chi connectivity index (χ2n) is 8.37. The first-order valence-electron chi connectivity index (χ1n) is 10.8. The molecule has 2 aliphatic rings. The fourth-order valence-electron chi connectivity index (χ4n) is 4.73. The lowest BCUT2D eigenvalue weighted by Crippen LogP contribution is -2.45. The topological polar surface area (TPSA) is 62.5 Å². The Morgan fingerprint density at radius 3 is 2.80 bits per heavy atom. The number of anilines is 1. The van der Waals surface area contributed by atoms with Crippen LogP contribution < -0.4 is 10.2 Å². The second kappa shape index (κ2) is 8.26. The Bertz CT molecular complexity index is 1060. The maximum absolute atomic E-state index is 12.8. The van der Waals surface area contributed by atoms with Gasteiger partial charge >= 0.3 is 0 Å². The number of nitrogens with zero attached hydrogens (tertiary/aromatic N) is 4. The van der Waals surface area contributed by atoms with Crippen molar-refractivity contribution in [3.63, 3.8) is 0 Å². The van der Waals surface area contributed by atoms with Gasteiger partial charge in [0.2, 0.25) is 5.91 Å². The fourth-order valence-corrected chi connectivity index (χ4v) is 4.96. The van der Waals surface area contributed by atoms with Crippen molar-refractivity contribution in [1.29, 1.82) is 0 Å². The Labute approximate surface area is 181 Å². The first-order valence-corrected chi connectivity index (χ1v) is 11.2. The van der Waals surface area contributed by atoms with E-state index in [-0.39, 0.29) is 11.8 Å². The van der Waals surface area contributed by atoms with E-state index in [0.717, 1.165) is 54.8 Å². The van der Waals surface area contributed by atoms with E-state index in [1.54, 1.807) is 6.20 Å². The highest BCUT2D eigenvalue weighted by atomic mass is 35.5. The molecule has 5 rings (SSSR count). The number of amides is 1. The van der Waals surface area contributed by atoms with E-state index in [0.29, 0.717) is 17.6 Å². The maximum atomic E-state index is 12.8. The minimum atomic E-state index is 0.00682. The molecule has 1 aromatic carbocycles. The quantitative estimate of drug-likeness (QED) is 0.678. The third kappa shape index (κ3) is 3.76. The highest BCUT2D eigenvalue weighted by molar-refractivity contribution is 6.33. The van der Waals surface area contributed by atoms with Crippen LogP contribution in [0.3, 0.4) is 0 Å². The number of aromatic nitrogens is 3. The van der Waals surface area contributed by atoms with Crippen LogP contribution >= 0.6 is 11.6 Å². The summed E-state index contributed by atoms with van der Waals surface area (Å²) in [5, 5.41) is 8.66. The van der Waals surface area contributed by atoms with Gasteiger partial charge < -0.3 is 10.2 Å². The summed E-state index contributed by atoms with van der Waals surface area (Å²) in [6.07, 6.45) is 10.2. The molecule has 3 aromatic rings. The molecule has 1 aliphatic heterocycles. The normalized spacial score (nSPS) is 20.0. The van der Waals surface area contributed by atoms with Gasteiger partial charge in [0.1, 0.15) is 5.52 Å². The Balaban J connectivity index is 1.40. The van der Waals surface area contributed by atoms with Crippen LogP contribution in [-0.4, -0.2) is 39.6 Å². The monoisotopic (exact) mass is 423 g/mol. The molecule has 1 atom stereocenters. The van der Waals surface area contributed by atoms with Crippen LogP contribution in [0.15, 0.2) is 42.7 Å². The van der Waals surface area contributed by atoms with Crippen LogP contribution in [0.25, 0.3) is 16.8 Å². The number of halogens is 1. The van der Waals surface area contributed by atoms with Crippen molar-refractivity contribution in [1.82, 2.24) is 19.9 Å². The van der Waals surface area contributed by atoms with Gasteiger partial charge in [-0.3, -0.25) is 4.79 Å². The van der Waals surface area contributed by atoms with Crippen molar-refractivity contribution >= 4 is 28.8 Å². The average Bonchev–Trinajstić information content (AvgIpc) is 3.43. The van der Waals surface area contributed by atoms with E-state index in [9.17, 15) is 4.79 Å². The molecule has 1 saturated carbocycles. The summed E-state index contributed by atoms with van der Waals surface area (Å²) >= 11 is 6.38. The summed E-state index contributed by atoms with van der Waals surface area (Å²) in [5.41, 5.74) is 2.66. The van der Waals surface area contributed by atoms with E-state index in [1.807, 2.05) is 41.0 Å². The van der Waals surface area contributed by atoms with E-state index in [2.05, 4.69) is 15.2 Å². The van der Waals surface area contributed by atoms with Gasteiger partial charge in [0, 0.05) is 37.1 Å². The lowest BCUT2D eigenvalue weighted by molar-refractivity contribution is -0.125. The van der Waals surface area contributed by atoms with Crippen molar-refractivity contribution in [2.45, 2.75) is 44.6 Å². The van der Waals surface area contributed by atoms with Gasteiger partial charge in [-0.1, -0.05) is 42.6 Å². The highest BCUT2D eigenvalue weighted by Crippen LogP contribution is 2.31. The number of fused-ring (bicyclic) bond motifs is 1. The van der Waals surface area contributed by atoms with Crippen molar-refractivity contribution in [2.24, 2.45) is 5.92 Å². The summed E-state index contributed by atoms with van der Waals surface area (Å²) < 4.78 is 1.85. The number of carbonyl (C=O) groups is 1. The smallest absolute Gasteiger partial charge is 0.225 e. The number of benzene rings is 1. The molecular weight excluding hydrogens is 398 g/mol. The molecule has 7 heteroatoms. The van der Waals surface area contributed by atoms with Gasteiger partial charge in [-0.2, -0.15) is 5.10 Å². The Hall–Kier alpha value is -2.60. The lowest BCUT2D eigenvalue weighted by Gasteiger charge is -2.33. The van der Waals surface area contributed by atoms with E-state index in [1.165, 1.54) is 12.8 Å². The zero-order valence-corrected chi connectivity index (χ0v) is 17.7. The van der Waals surface area contributed by atoms with Gasteiger partial charge in [-0.25, -0.2) is 9.50 Å². The molecule has 1 N–H and O–H groups in total. The molecule has 30 heavy (non-hydrogen) atoms. The van der Waals surface area contributed by atoms with E-state index >= 15 is 0 Å². The number of hydrogen-bond donors (Lipinski definition) is 1. The number of carbonyl (C=O) groups excluding carboxylic acids is 1. The third-order valence-corrected chi connectivity index (χ3v) is 6.64. The molecule has 1 aliphatic carbocycles. The Morgan fingerprint density at radius 2 is 1.97 bits per heavy atom. The summed E-state index contributed by atoms with van der Waals surface area (Å²) in [6.45, 7) is 1.59. The maximum Gasteiger partial charge on any atom is 0.225 e. The van der Waals surface area contributed by atoms with Crippen LogP contribution in [-0.2, 0) is 4.79 Å². The van der Waals surface area contributed by atoms with Gasteiger partial charge in [-0.15, -0.1) is 0 Å². The minimum absolute atomic E-state index is 0.00682. The SMILES string of the molecule is O=C(NC1CCCC1)[C@@H]1CCCN(c2nccn3nc(-c4ccccc4Cl)cc23)C1. The summed E-state index contributed by atoms with van der Waals surface area (Å²) in [7, 11) is 0. The van der Waals surface area contributed by atoms with Gasteiger partial charge in [-0.05, 0) is 37.8 Å². The van der Waals surface area contributed by atoms with E-state index in [4.69, 9.17) is 16.7 Å². The van der Waals surface area contributed by atoms with Gasteiger partial charge in [0.15, 0.2) is 5.82 Å². The van der Waals surface area contributed by atoms with E-state index < -0.39 is 0 Å². The van der Waals surface area contributed by atoms with Gasteiger partial charge in [0.25, 0.3) is 0 Å². The molecular formula is C23H26ClN5O. The van der Waals surface area contributed by atoms with Crippen molar-refractivity contribution in [3.05, 3.63) is 47.7 Å². The summed E-state index contributed by atoms with van der Waals surface area (Å²) in [4.78, 5) is 19.7. The summed E-state index contributed by atoms with van der Waals surface area (Å²) in [5.74, 6) is 1.08. The minimum Gasteiger partial charge on any atom is -0.354 e. The number of rotatable bonds is 4. The molecule has 0 unspecified atom stereocenters. The number of hydrogen-bond acceptors (Lipinski definition) is 4. The molecule has 3 heterocycles. The molecule has 1 amide bonds. The first-order chi connectivity index (χ1) is 14.7. The predicted octanol–water partition coefficient (Wildman–Crippen LogP) is 4.32. The van der Waals surface area contributed by atoms with Crippen LogP contribution in [0.5, 0.6) is 0 Å². The molecule has 6 nitrogen and oxygen atoms in total. The molecule has 0 radical (unpaired) electrons. The second-order valence-corrected chi connectivity index (χ2v) is 8.77. The molecule has 0 bridgehead atoms. The van der Waals surface area contributed by atoms with Crippen molar-refractivity contribution in [2.75, 3.05) is 18.0 Å². The van der Waals surface area contributed by atoms with Gasteiger partial charge in [0.05, 0.1) is 16.6 Å². The number of nitrogens with one attached hydrogen (secondary N) is 1. The zero-order valence-electron chi connectivity index (χ0n) is 16.9. The molecule has 1 saturated heterocycles.